The Morgan fingerprint density at radius 1 is 0.562 bits per heavy atom. The lowest BCUT2D eigenvalue weighted by Crippen LogP contribution is -2.24. The van der Waals surface area contributed by atoms with Crippen molar-refractivity contribution < 1.29 is 16.8 Å². The van der Waals surface area contributed by atoms with Crippen LogP contribution in [0.3, 0.4) is 0 Å². The molecule has 0 saturated carbocycles. The maximum atomic E-state index is 12.4. The molecule has 0 heterocycles. The van der Waals surface area contributed by atoms with Gasteiger partial charge in [-0.3, -0.25) is 0 Å². The molecular weight excluding hydrogens is 448 g/mol. The van der Waals surface area contributed by atoms with Crippen LogP contribution in [0.25, 0.3) is 0 Å². The highest BCUT2D eigenvalue weighted by Gasteiger charge is 2.15. The van der Waals surface area contributed by atoms with E-state index >= 15 is 0 Å². The van der Waals surface area contributed by atoms with E-state index in [1.54, 1.807) is 24.3 Å². The molecule has 3 rings (SSSR count). The summed E-state index contributed by atoms with van der Waals surface area (Å²) in [4.78, 5) is 0.121. The van der Waals surface area contributed by atoms with Crippen LogP contribution >= 0.6 is 0 Å². The Morgan fingerprint density at radius 2 is 0.875 bits per heavy atom. The third kappa shape index (κ3) is 5.78. The van der Waals surface area contributed by atoms with Crippen LogP contribution in [0.4, 0.5) is 0 Å². The van der Waals surface area contributed by atoms with Crippen molar-refractivity contribution in [3.8, 4) is 12.1 Å². The monoisotopic (exact) mass is 466 g/mol. The summed E-state index contributed by atoms with van der Waals surface area (Å²) in [6.45, 7) is 0.110. The van der Waals surface area contributed by atoms with Crippen molar-refractivity contribution in [1.82, 2.24) is 9.44 Å². The second-order valence-electron chi connectivity index (χ2n) is 6.74. The van der Waals surface area contributed by atoms with Gasteiger partial charge in [0.1, 0.15) is 0 Å². The summed E-state index contributed by atoms with van der Waals surface area (Å²) >= 11 is 0. The number of sulfonamides is 2. The fourth-order valence-corrected chi connectivity index (χ4v) is 4.75. The van der Waals surface area contributed by atoms with E-state index in [0.717, 1.165) is 0 Å². The molecule has 0 aromatic heterocycles. The highest BCUT2D eigenvalue weighted by Crippen LogP contribution is 2.13. The molecule has 10 heteroatoms. The second-order valence-corrected chi connectivity index (χ2v) is 10.3. The Balaban J connectivity index is 1.58. The molecule has 0 radical (unpaired) electrons. The van der Waals surface area contributed by atoms with Crippen molar-refractivity contribution in [2.24, 2.45) is 0 Å². The SMILES string of the molecule is N#Cc1ccc(S(=O)(=O)NCc2ccc(CNS(=O)(=O)c3ccc(C#N)cc3)cc2)cc1. The molecule has 3 aromatic carbocycles. The lowest BCUT2D eigenvalue weighted by molar-refractivity contribution is 0.579. The van der Waals surface area contributed by atoms with Crippen LogP contribution in [0.1, 0.15) is 22.3 Å². The van der Waals surface area contributed by atoms with E-state index in [4.69, 9.17) is 10.5 Å². The van der Waals surface area contributed by atoms with Gasteiger partial charge in [-0.25, -0.2) is 26.3 Å². The minimum absolute atomic E-state index is 0.0551. The third-order valence-corrected chi connectivity index (χ3v) is 7.38. The van der Waals surface area contributed by atoms with Crippen LogP contribution in [-0.2, 0) is 33.1 Å². The number of benzene rings is 3. The van der Waals surface area contributed by atoms with Crippen LogP contribution in [0.5, 0.6) is 0 Å². The molecule has 0 atom stereocenters. The molecule has 0 saturated heterocycles. The van der Waals surface area contributed by atoms with Gasteiger partial charge in [-0.15, -0.1) is 0 Å². The van der Waals surface area contributed by atoms with Gasteiger partial charge >= 0.3 is 0 Å². The van der Waals surface area contributed by atoms with E-state index < -0.39 is 20.0 Å². The summed E-state index contributed by atoms with van der Waals surface area (Å²) in [5, 5.41) is 17.6. The standard InChI is InChI=1S/C22H18N4O4S2/c23-13-17-5-9-21(10-6-17)31(27,28)25-15-19-1-2-20(4-3-19)16-26-32(29,30)22-11-7-18(14-24)8-12-22/h1-12,25-26H,15-16H2. The predicted octanol–water partition coefficient (Wildman–Crippen LogP) is 2.39. The molecule has 0 unspecified atom stereocenters. The van der Waals surface area contributed by atoms with Gasteiger partial charge in [0.25, 0.3) is 0 Å². The first-order valence-electron chi connectivity index (χ1n) is 9.31. The fraction of sp³-hybridized carbons (Fsp3) is 0.0909. The summed E-state index contributed by atoms with van der Waals surface area (Å²) in [5.74, 6) is 0. The molecule has 0 spiro atoms. The van der Waals surface area contributed by atoms with Gasteiger partial charge in [0, 0.05) is 13.1 Å². The average Bonchev–Trinajstić information content (AvgIpc) is 2.82. The summed E-state index contributed by atoms with van der Waals surface area (Å²) in [5.41, 5.74) is 2.13. The van der Waals surface area contributed by atoms with E-state index in [2.05, 4.69) is 9.44 Å². The molecule has 32 heavy (non-hydrogen) atoms. The topological polar surface area (TPSA) is 140 Å². The number of rotatable bonds is 8. The van der Waals surface area contributed by atoms with Gasteiger partial charge in [0.2, 0.25) is 20.0 Å². The summed E-state index contributed by atoms with van der Waals surface area (Å²) in [6, 6.07) is 21.9. The molecule has 8 nitrogen and oxygen atoms in total. The molecule has 0 aliphatic heterocycles. The van der Waals surface area contributed by atoms with E-state index in [-0.39, 0.29) is 22.9 Å². The van der Waals surface area contributed by atoms with E-state index in [1.807, 2.05) is 12.1 Å². The van der Waals surface area contributed by atoms with Crippen LogP contribution in [0.15, 0.2) is 82.6 Å². The van der Waals surface area contributed by atoms with E-state index in [0.29, 0.717) is 22.3 Å². The van der Waals surface area contributed by atoms with Crippen molar-refractivity contribution >= 4 is 20.0 Å². The zero-order valence-corrected chi connectivity index (χ0v) is 18.3. The van der Waals surface area contributed by atoms with Gasteiger partial charge in [-0.1, -0.05) is 24.3 Å². The highest BCUT2D eigenvalue weighted by molar-refractivity contribution is 7.89. The van der Waals surface area contributed by atoms with Crippen molar-refractivity contribution in [1.29, 1.82) is 10.5 Å². The number of nitriles is 2. The normalized spacial score (nSPS) is 11.4. The summed E-state index contributed by atoms with van der Waals surface area (Å²) < 4.78 is 54.5. The van der Waals surface area contributed by atoms with E-state index in [1.165, 1.54) is 48.5 Å². The number of nitrogens with one attached hydrogen (secondary N) is 2. The van der Waals surface area contributed by atoms with Crippen LogP contribution in [0, 0.1) is 22.7 Å². The largest absolute Gasteiger partial charge is 0.240 e. The molecule has 162 valence electrons. The van der Waals surface area contributed by atoms with Crippen LogP contribution < -0.4 is 9.44 Å². The lowest BCUT2D eigenvalue weighted by atomic mass is 10.1. The fourth-order valence-electron chi connectivity index (χ4n) is 2.72. The van der Waals surface area contributed by atoms with Crippen molar-refractivity contribution in [2.75, 3.05) is 0 Å². The van der Waals surface area contributed by atoms with Crippen molar-refractivity contribution in [3.63, 3.8) is 0 Å². The Hall–Kier alpha value is -3.54. The molecular formula is C22H18N4O4S2. The van der Waals surface area contributed by atoms with Crippen molar-refractivity contribution in [3.05, 3.63) is 95.1 Å². The third-order valence-electron chi connectivity index (χ3n) is 4.54. The smallest absolute Gasteiger partial charge is 0.207 e. The first kappa shape index (κ1) is 23.1. The highest BCUT2D eigenvalue weighted by atomic mass is 32.2. The second kappa shape index (κ2) is 9.73. The molecule has 0 fully saturated rings. The Bertz CT molecular complexity index is 1270. The Morgan fingerprint density at radius 3 is 1.16 bits per heavy atom. The molecule has 0 amide bonds. The molecule has 0 aliphatic rings. The lowest BCUT2D eigenvalue weighted by Gasteiger charge is -2.09. The van der Waals surface area contributed by atoms with Gasteiger partial charge in [0.05, 0.1) is 33.1 Å². The van der Waals surface area contributed by atoms with Crippen LogP contribution in [0.2, 0.25) is 0 Å². The predicted molar refractivity (Wildman–Crippen MR) is 117 cm³/mol. The average molecular weight is 467 g/mol. The first-order chi connectivity index (χ1) is 15.2. The maximum Gasteiger partial charge on any atom is 0.240 e. The molecule has 0 bridgehead atoms. The van der Waals surface area contributed by atoms with Gasteiger partial charge in [-0.05, 0) is 59.7 Å². The van der Waals surface area contributed by atoms with E-state index in [9.17, 15) is 16.8 Å². The Labute approximate surface area is 186 Å². The molecule has 0 aliphatic carbocycles. The van der Waals surface area contributed by atoms with Gasteiger partial charge in [0.15, 0.2) is 0 Å². The molecule has 2 N–H and O–H groups in total. The summed E-state index contributed by atoms with van der Waals surface area (Å²) in [6.07, 6.45) is 0. The van der Waals surface area contributed by atoms with Crippen LogP contribution in [-0.4, -0.2) is 16.8 Å². The van der Waals surface area contributed by atoms with Gasteiger partial charge in [-0.2, -0.15) is 10.5 Å². The Kier molecular flexibility index (Phi) is 7.03. The number of hydrogen-bond acceptors (Lipinski definition) is 6. The van der Waals surface area contributed by atoms with Crippen molar-refractivity contribution in [2.45, 2.75) is 22.9 Å². The minimum atomic E-state index is -3.73. The quantitative estimate of drug-likeness (QED) is 0.522. The number of hydrogen-bond donors (Lipinski definition) is 2. The zero-order chi connectivity index (χ0) is 23.2. The summed E-state index contributed by atoms with van der Waals surface area (Å²) in [7, 11) is -7.46. The number of nitrogens with zero attached hydrogens (tertiary/aromatic N) is 2. The first-order valence-corrected chi connectivity index (χ1v) is 12.3. The minimum Gasteiger partial charge on any atom is -0.207 e. The molecule has 3 aromatic rings. The zero-order valence-electron chi connectivity index (χ0n) is 16.7. The van der Waals surface area contributed by atoms with Gasteiger partial charge < -0.3 is 0 Å². The maximum absolute atomic E-state index is 12.4.